The minimum atomic E-state index is 0.259. The molecule has 0 amide bonds. The number of anilines is 1. The van der Waals surface area contributed by atoms with Crippen LogP contribution < -0.4 is 5.32 Å². The first-order chi connectivity index (χ1) is 9.66. The Morgan fingerprint density at radius 1 is 1.25 bits per heavy atom. The van der Waals surface area contributed by atoms with Crippen LogP contribution in [0.3, 0.4) is 0 Å². The molecule has 5 heteroatoms. The zero-order valence-corrected chi connectivity index (χ0v) is 12.7. The molecule has 3 rings (SSSR count). The van der Waals surface area contributed by atoms with Gasteiger partial charge in [-0.2, -0.15) is 0 Å². The van der Waals surface area contributed by atoms with Crippen molar-refractivity contribution in [2.45, 2.75) is 19.9 Å². The van der Waals surface area contributed by atoms with E-state index in [4.69, 9.17) is 0 Å². The SMILES string of the molecule is CC(C)C(Nc1nccc2c1ncn2C)c1cccs1. The molecule has 104 valence electrons. The van der Waals surface area contributed by atoms with Crippen LogP contribution in [0.5, 0.6) is 0 Å². The molecule has 1 N–H and O–H groups in total. The largest absolute Gasteiger partial charge is 0.360 e. The zero-order valence-electron chi connectivity index (χ0n) is 11.9. The van der Waals surface area contributed by atoms with E-state index in [-0.39, 0.29) is 6.04 Å². The van der Waals surface area contributed by atoms with Crippen LogP contribution in [-0.4, -0.2) is 14.5 Å². The van der Waals surface area contributed by atoms with Gasteiger partial charge in [0.15, 0.2) is 5.82 Å². The Balaban J connectivity index is 1.99. The van der Waals surface area contributed by atoms with Crippen LogP contribution in [0.4, 0.5) is 5.82 Å². The van der Waals surface area contributed by atoms with E-state index < -0.39 is 0 Å². The van der Waals surface area contributed by atoms with Crippen molar-refractivity contribution in [2.75, 3.05) is 5.32 Å². The predicted octanol–water partition coefficient (Wildman–Crippen LogP) is 3.84. The highest BCUT2D eigenvalue weighted by Gasteiger charge is 2.19. The van der Waals surface area contributed by atoms with E-state index in [1.54, 1.807) is 11.3 Å². The Kier molecular flexibility index (Phi) is 3.44. The second kappa shape index (κ2) is 5.25. The summed E-state index contributed by atoms with van der Waals surface area (Å²) >= 11 is 1.77. The predicted molar refractivity (Wildman–Crippen MR) is 84.0 cm³/mol. The molecular formula is C15H18N4S. The second-order valence-corrected chi connectivity index (χ2v) is 6.24. The normalized spacial score (nSPS) is 13.0. The van der Waals surface area contributed by atoms with Crippen molar-refractivity contribution in [3.63, 3.8) is 0 Å². The smallest absolute Gasteiger partial charge is 0.154 e. The standard InChI is InChI=1S/C15H18N4S/c1-10(2)13(12-5-4-8-20-12)18-15-14-11(6-7-16-15)19(3)9-17-14/h4-10,13H,1-3H3,(H,16,18). The quantitative estimate of drug-likeness (QED) is 0.792. The van der Waals surface area contributed by atoms with Crippen molar-refractivity contribution in [2.24, 2.45) is 13.0 Å². The lowest BCUT2D eigenvalue weighted by atomic mass is 10.0. The maximum Gasteiger partial charge on any atom is 0.154 e. The number of imidazole rings is 1. The summed E-state index contributed by atoms with van der Waals surface area (Å²) in [5, 5.41) is 5.67. The first kappa shape index (κ1) is 13.1. The van der Waals surface area contributed by atoms with Gasteiger partial charge < -0.3 is 9.88 Å². The van der Waals surface area contributed by atoms with Crippen molar-refractivity contribution in [1.82, 2.24) is 14.5 Å². The second-order valence-electron chi connectivity index (χ2n) is 5.26. The van der Waals surface area contributed by atoms with Gasteiger partial charge >= 0.3 is 0 Å². The minimum Gasteiger partial charge on any atom is -0.360 e. The summed E-state index contributed by atoms with van der Waals surface area (Å²) in [7, 11) is 2.00. The molecule has 3 aromatic heterocycles. The molecule has 0 aliphatic heterocycles. The number of nitrogens with zero attached hydrogens (tertiary/aromatic N) is 3. The molecule has 3 heterocycles. The molecule has 0 radical (unpaired) electrons. The Hall–Kier alpha value is -1.88. The van der Waals surface area contributed by atoms with E-state index in [9.17, 15) is 0 Å². The monoisotopic (exact) mass is 286 g/mol. The van der Waals surface area contributed by atoms with E-state index >= 15 is 0 Å². The molecule has 0 aromatic carbocycles. The summed E-state index contributed by atoms with van der Waals surface area (Å²) in [4.78, 5) is 10.3. The third kappa shape index (κ3) is 2.29. The van der Waals surface area contributed by atoms with E-state index in [0.29, 0.717) is 5.92 Å². The molecule has 0 saturated carbocycles. The average molecular weight is 286 g/mol. The van der Waals surface area contributed by atoms with Crippen LogP contribution in [0.25, 0.3) is 11.0 Å². The highest BCUT2D eigenvalue weighted by Crippen LogP contribution is 2.31. The number of aryl methyl sites for hydroxylation is 1. The van der Waals surface area contributed by atoms with Gasteiger partial charge in [0.1, 0.15) is 5.52 Å². The van der Waals surface area contributed by atoms with Crippen LogP contribution in [-0.2, 0) is 7.05 Å². The van der Waals surface area contributed by atoms with Crippen LogP contribution >= 0.6 is 11.3 Å². The summed E-state index contributed by atoms with van der Waals surface area (Å²) < 4.78 is 2.01. The van der Waals surface area contributed by atoms with Crippen LogP contribution in [0.2, 0.25) is 0 Å². The van der Waals surface area contributed by atoms with Crippen LogP contribution in [0, 0.1) is 5.92 Å². The number of pyridine rings is 1. The topological polar surface area (TPSA) is 42.7 Å². The number of rotatable bonds is 4. The van der Waals surface area contributed by atoms with Gasteiger partial charge in [-0.1, -0.05) is 19.9 Å². The molecule has 1 atom stereocenters. The molecular weight excluding hydrogens is 268 g/mol. The molecule has 0 aliphatic rings. The molecule has 1 unspecified atom stereocenters. The summed E-state index contributed by atoms with van der Waals surface area (Å²) in [5.74, 6) is 1.34. The van der Waals surface area contributed by atoms with Crippen LogP contribution in [0.1, 0.15) is 24.8 Å². The summed E-state index contributed by atoms with van der Waals surface area (Å²) in [5.41, 5.74) is 2.02. The molecule has 3 aromatic rings. The summed E-state index contributed by atoms with van der Waals surface area (Å²) in [6.45, 7) is 4.44. The fourth-order valence-corrected chi connectivity index (χ4v) is 3.30. The molecule has 0 spiro atoms. The molecule has 4 nitrogen and oxygen atoms in total. The van der Waals surface area contributed by atoms with E-state index in [0.717, 1.165) is 16.9 Å². The molecule has 0 fully saturated rings. The third-order valence-electron chi connectivity index (χ3n) is 3.45. The number of hydrogen-bond acceptors (Lipinski definition) is 4. The van der Waals surface area contributed by atoms with Gasteiger partial charge in [-0.3, -0.25) is 0 Å². The summed E-state index contributed by atoms with van der Waals surface area (Å²) in [6.07, 6.45) is 3.66. The van der Waals surface area contributed by atoms with Crippen molar-refractivity contribution in [3.05, 3.63) is 41.0 Å². The number of nitrogens with one attached hydrogen (secondary N) is 1. The van der Waals surface area contributed by atoms with E-state index in [1.807, 2.05) is 30.2 Å². The first-order valence-corrected chi connectivity index (χ1v) is 7.60. The first-order valence-electron chi connectivity index (χ1n) is 6.73. The van der Waals surface area contributed by atoms with Gasteiger partial charge in [-0.25, -0.2) is 9.97 Å². The molecule has 0 saturated heterocycles. The number of fused-ring (bicyclic) bond motifs is 1. The number of aromatic nitrogens is 3. The lowest BCUT2D eigenvalue weighted by Gasteiger charge is -2.22. The van der Waals surface area contributed by atoms with Gasteiger partial charge in [0.05, 0.1) is 17.9 Å². The maximum absolute atomic E-state index is 4.47. The van der Waals surface area contributed by atoms with Gasteiger partial charge in [0.2, 0.25) is 0 Å². The van der Waals surface area contributed by atoms with Crippen molar-refractivity contribution in [3.8, 4) is 0 Å². The number of thiophene rings is 1. The highest BCUT2D eigenvalue weighted by atomic mass is 32.1. The van der Waals surface area contributed by atoms with Crippen molar-refractivity contribution >= 4 is 28.2 Å². The van der Waals surface area contributed by atoms with Crippen molar-refractivity contribution < 1.29 is 0 Å². The van der Waals surface area contributed by atoms with Gasteiger partial charge in [0, 0.05) is 18.1 Å². The Morgan fingerprint density at radius 3 is 2.80 bits per heavy atom. The Bertz CT molecular complexity index is 700. The fourth-order valence-electron chi connectivity index (χ4n) is 2.35. The Morgan fingerprint density at radius 2 is 2.10 bits per heavy atom. The molecule has 20 heavy (non-hydrogen) atoms. The maximum atomic E-state index is 4.47. The molecule has 0 aliphatic carbocycles. The van der Waals surface area contributed by atoms with Gasteiger partial charge in [-0.05, 0) is 23.4 Å². The van der Waals surface area contributed by atoms with E-state index in [2.05, 4.69) is 46.6 Å². The fraction of sp³-hybridized carbons (Fsp3) is 0.333. The third-order valence-corrected chi connectivity index (χ3v) is 4.41. The Labute approximate surface area is 122 Å². The minimum absolute atomic E-state index is 0.259. The van der Waals surface area contributed by atoms with E-state index in [1.165, 1.54) is 4.88 Å². The number of hydrogen-bond donors (Lipinski definition) is 1. The van der Waals surface area contributed by atoms with Crippen LogP contribution in [0.15, 0.2) is 36.1 Å². The molecule has 0 bridgehead atoms. The highest BCUT2D eigenvalue weighted by molar-refractivity contribution is 7.10. The average Bonchev–Trinajstić information content (AvgIpc) is 3.06. The summed E-state index contributed by atoms with van der Waals surface area (Å²) in [6, 6.07) is 6.51. The lowest BCUT2D eigenvalue weighted by Crippen LogP contribution is -2.16. The van der Waals surface area contributed by atoms with Crippen molar-refractivity contribution in [1.29, 1.82) is 0 Å². The lowest BCUT2D eigenvalue weighted by molar-refractivity contribution is 0.552. The van der Waals surface area contributed by atoms with Gasteiger partial charge in [0.25, 0.3) is 0 Å². The zero-order chi connectivity index (χ0) is 14.1. The van der Waals surface area contributed by atoms with Gasteiger partial charge in [-0.15, -0.1) is 11.3 Å².